The van der Waals surface area contributed by atoms with Gasteiger partial charge in [-0.3, -0.25) is 9.48 Å². The first kappa shape index (κ1) is 29.5. The number of carbonyl (C=O) groups excluding carboxylic acids is 1. The highest BCUT2D eigenvalue weighted by Gasteiger charge is 2.29. The van der Waals surface area contributed by atoms with E-state index in [2.05, 4.69) is 52.2 Å². The molecule has 0 radical (unpaired) electrons. The van der Waals surface area contributed by atoms with E-state index in [1.807, 2.05) is 18.2 Å². The van der Waals surface area contributed by atoms with Gasteiger partial charge in [-0.05, 0) is 80.9 Å². The van der Waals surface area contributed by atoms with Gasteiger partial charge in [0.15, 0.2) is 9.84 Å². The molecule has 2 fully saturated rings. The zero-order valence-corrected chi connectivity index (χ0v) is 25.3. The molecule has 1 aliphatic heterocycles. The molecule has 7 nitrogen and oxygen atoms in total. The fourth-order valence-corrected chi connectivity index (χ4v) is 6.87. The van der Waals surface area contributed by atoms with Crippen LogP contribution >= 0.6 is 0 Å². The van der Waals surface area contributed by atoms with Crippen molar-refractivity contribution in [3.05, 3.63) is 83.2 Å². The minimum absolute atomic E-state index is 0.0502. The summed E-state index contributed by atoms with van der Waals surface area (Å²) in [5, 5.41) is 8.25. The Balaban J connectivity index is 1.19. The number of sulfone groups is 1. The van der Waals surface area contributed by atoms with Crippen molar-refractivity contribution in [2.45, 2.75) is 82.2 Å². The van der Waals surface area contributed by atoms with Gasteiger partial charge in [0.05, 0.1) is 28.9 Å². The molecule has 0 bridgehead atoms. The van der Waals surface area contributed by atoms with Crippen molar-refractivity contribution in [2.24, 2.45) is 5.92 Å². The number of rotatable bonds is 12. The number of amides is 1. The quantitative estimate of drug-likeness (QED) is 0.307. The van der Waals surface area contributed by atoms with Crippen LogP contribution in [0.4, 0.5) is 0 Å². The van der Waals surface area contributed by atoms with Crippen molar-refractivity contribution in [1.82, 2.24) is 20.0 Å². The molecular formula is C33H44N4O3S. The van der Waals surface area contributed by atoms with Crippen molar-refractivity contribution >= 4 is 15.7 Å². The molecule has 2 aromatic carbocycles. The predicted molar refractivity (Wildman–Crippen MR) is 163 cm³/mol. The van der Waals surface area contributed by atoms with E-state index in [9.17, 15) is 13.2 Å². The maximum absolute atomic E-state index is 12.8. The fourth-order valence-electron chi connectivity index (χ4n) is 5.99. The number of hydrogen-bond acceptors (Lipinski definition) is 5. The van der Waals surface area contributed by atoms with Crippen LogP contribution in [-0.4, -0.2) is 54.4 Å². The molecule has 220 valence electrons. The van der Waals surface area contributed by atoms with Crippen molar-refractivity contribution < 1.29 is 13.2 Å². The van der Waals surface area contributed by atoms with E-state index >= 15 is 0 Å². The third kappa shape index (κ3) is 7.28. The Hall–Kier alpha value is -2.97. The summed E-state index contributed by atoms with van der Waals surface area (Å²) in [4.78, 5) is 15.7. The Morgan fingerprint density at radius 3 is 2.32 bits per heavy atom. The first-order valence-corrected chi connectivity index (χ1v) is 17.0. The van der Waals surface area contributed by atoms with Gasteiger partial charge in [-0.1, -0.05) is 62.7 Å². The lowest BCUT2D eigenvalue weighted by Crippen LogP contribution is -2.39. The molecule has 1 aromatic heterocycles. The van der Waals surface area contributed by atoms with Gasteiger partial charge in [0.2, 0.25) is 5.91 Å². The van der Waals surface area contributed by atoms with Gasteiger partial charge in [0.1, 0.15) is 0 Å². The van der Waals surface area contributed by atoms with E-state index in [0.29, 0.717) is 17.4 Å². The van der Waals surface area contributed by atoms with Crippen molar-refractivity contribution in [1.29, 1.82) is 0 Å². The molecule has 2 heterocycles. The van der Waals surface area contributed by atoms with Crippen molar-refractivity contribution in [3.8, 4) is 0 Å². The molecule has 0 unspecified atom stereocenters. The van der Waals surface area contributed by atoms with E-state index in [0.717, 1.165) is 75.8 Å². The van der Waals surface area contributed by atoms with Crippen LogP contribution in [0.2, 0.25) is 0 Å². The number of nitrogens with one attached hydrogen (secondary N) is 1. The normalized spacial score (nSPS) is 17.7. The molecule has 1 N–H and O–H groups in total. The van der Waals surface area contributed by atoms with Crippen LogP contribution < -0.4 is 5.32 Å². The predicted octanol–water partition coefficient (Wildman–Crippen LogP) is 5.51. The maximum atomic E-state index is 12.8. The average molecular weight is 577 g/mol. The van der Waals surface area contributed by atoms with E-state index in [1.165, 1.54) is 11.3 Å². The highest BCUT2D eigenvalue weighted by atomic mass is 32.2. The Labute approximate surface area is 245 Å². The van der Waals surface area contributed by atoms with Crippen LogP contribution in [0.1, 0.15) is 86.8 Å². The number of aryl methyl sites for hydroxylation is 1. The minimum Gasteiger partial charge on any atom is -0.349 e. The first-order chi connectivity index (χ1) is 19.9. The highest BCUT2D eigenvalue weighted by Crippen LogP contribution is 2.31. The van der Waals surface area contributed by atoms with Gasteiger partial charge in [-0.25, -0.2) is 8.42 Å². The third-order valence-corrected chi connectivity index (χ3v) is 10.7. The molecule has 1 aliphatic carbocycles. The largest absolute Gasteiger partial charge is 0.349 e. The van der Waals surface area contributed by atoms with Crippen molar-refractivity contribution in [2.75, 3.05) is 25.4 Å². The molecule has 41 heavy (non-hydrogen) atoms. The van der Waals surface area contributed by atoms with Crippen LogP contribution in [0.25, 0.3) is 0 Å². The first-order valence-electron chi connectivity index (χ1n) is 15.3. The Kier molecular flexibility index (Phi) is 9.60. The summed E-state index contributed by atoms with van der Waals surface area (Å²) in [6, 6.07) is 20.0. The molecule has 1 saturated carbocycles. The lowest BCUT2D eigenvalue weighted by molar-refractivity contribution is -0.128. The number of piperidine rings is 1. The van der Waals surface area contributed by atoms with Gasteiger partial charge in [-0.2, -0.15) is 5.10 Å². The summed E-state index contributed by atoms with van der Waals surface area (Å²) in [5.41, 5.74) is 4.62. The van der Waals surface area contributed by atoms with E-state index in [1.54, 1.807) is 19.1 Å². The summed E-state index contributed by atoms with van der Waals surface area (Å²) in [6.45, 7) is 7.46. The summed E-state index contributed by atoms with van der Waals surface area (Å²) in [6.07, 6.45) is 7.15. The second-order valence-corrected chi connectivity index (χ2v) is 13.9. The lowest BCUT2D eigenvalue weighted by Gasteiger charge is -2.34. The second-order valence-electron chi connectivity index (χ2n) is 11.6. The minimum atomic E-state index is -3.20. The van der Waals surface area contributed by atoms with Gasteiger partial charge in [0, 0.05) is 24.1 Å². The fraction of sp³-hybridized carbons (Fsp3) is 0.515. The smallest absolute Gasteiger partial charge is 0.223 e. The second kappa shape index (κ2) is 13.3. The number of nitrogens with zero attached hydrogens (tertiary/aromatic N) is 3. The van der Waals surface area contributed by atoms with Gasteiger partial charge < -0.3 is 10.2 Å². The standard InChI is InChI=1S/C33H44N4O3S/c1-3-29-23-32(37(35-29)24-25-13-15-30(16-14-25)41(39,40)4-2)27-17-20-36(21-18-27)22-19-31(26-9-6-5-7-10-26)34-33(38)28-11-8-12-28/h5-7,9-10,13-16,23,27-28,31H,3-4,8,11-12,17-22,24H2,1-2H3,(H,34,38)/t31-/m0/s1. The monoisotopic (exact) mass is 576 g/mol. The lowest BCUT2D eigenvalue weighted by atomic mass is 9.84. The molecule has 0 spiro atoms. The molecule has 1 atom stereocenters. The molecule has 3 aromatic rings. The highest BCUT2D eigenvalue weighted by molar-refractivity contribution is 7.91. The topological polar surface area (TPSA) is 84.3 Å². The Morgan fingerprint density at radius 1 is 1.00 bits per heavy atom. The molecule has 2 aliphatic rings. The molecule has 8 heteroatoms. The summed E-state index contributed by atoms with van der Waals surface area (Å²) < 4.78 is 26.5. The van der Waals surface area contributed by atoms with Gasteiger partial charge in [-0.15, -0.1) is 0 Å². The van der Waals surface area contributed by atoms with E-state index in [-0.39, 0.29) is 23.6 Å². The Morgan fingerprint density at radius 2 is 1.71 bits per heavy atom. The summed E-state index contributed by atoms with van der Waals surface area (Å²) in [7, 11) is -3.20. The van der Waals surface area contributed by atoms with Gasteiger partial charge in [0.25, 0.3) is 0 Å². The molecular weight excluding hydrogens is 532 g/mol. The maximum Gasteiger partial charge on any atom is 0.223 e. The third-order valence-electron chi connectivity index (χ3n) is 8.95. The van der Waals surface area contributed by atoms with E-state index in [4.69, 9.17) is 5.10 Å². The average Bonchev–Trinajstić information content (AvgIpc) is 3.38. The van der Waals surface area contributed by atoms with Crippen LogP contribution in [0.15, 0.2) is 65.6 Å². The van der Waals surface area contributed by atoms with Crippen molar-refractivity contribution in [3.63, 3.8) is 0 Å². The number of hydrogen-bond donors (Lipinski definition) is 1. The number of benzene rings is 2. The van der Waals surface area contributed by atoms with Crippen LogP contribution in [0.5, 0.6) is 0 Å². The van der Waals surface area contributed by atoms with E-state index < -0.39 is 9.84 Å². The number of likely N-dealkylation sites (tertiary alicyclic amines) is 1. The zero-order chi connectivity index (χ0) is 28.8. The Bertz CT molecular complexity index is 1390. The summed E-state index contributed by atoms with van der Waals surface area (Å²) >= 11 is 0. The van der Waals surface area contributed by atoms with Crippen LogP contribution in [-0.2, 0) is 27.6 Å². The number of aromatic nitrogens is 2. The molecule has 1 amide bonds. The van der Waals surface area contributed by atoms with Gasteiger partial charge >= 0.3 is 0 Å². The molecule has 1 saturated heterocycles. The zero-order valence-electron chi connectivity index (χ0n) is 24.5. The SMILES string of the molecule is CCc1cc(C2CCN(CC[C@H](NC(=O)C3CCC3)c3ccccc3)CC2)n(Cc2ccc(S(=O)(=O)CC)cc2)n1. The summed E-state index contributed by atoms with van der Waals surface area (Å²) in [5.74, 6) is 0.959. The molecule has 5 rings (SSSR count). The van der Waals surface area contributed by atoms with Crippen LogP contribution in [0, 0.1) is 5.92 Å². The van der Waals surface area contributed by atoms with Crippen LogP contribution in [0.3, 0.4) is 0 Å². The number of carbonyl (C=O) groups is 1.